The lowest BCUT2D eigenvalue weighted by atomic mass is 9.96. The summed E-state index contributed by atoms with van der Waals surface area (Å²) in [7, 11) is 0. The average molecular weight is 397 g/mol. The SMILES string of the molecule is CC1(C)O[C@H]2[C@H](CCc3ccccc3)C[C@H](OCCOCc3ccccc3)[C@H]2O1. The van der Waals surface area contributed by atoms with Crippen LogP contribution >= 0.6 is 0 Å². The highest BCUT2D eigenvalue weighted by Gasteiger charge is 2.54. The molecule has 156 valence electrons. The van der Waals surface area contributed by atoms with Gasteiger partial charge in [-0.1, -0.05) is 60.7 Å². The van der Waals surface area contributed by atoms with Gasteiger partial charge in [-0.2, -0.15) is 0 Å². The minimum atomic E-state index is -0.536. The van der Waals surface area contributed by atoms with Crippen LogP contribution in [0.1, 0.15) is 37.8 Å². The van der Waals surface area contributed by atoms with Crippen LogP contribution in [0.4, 0.5) is 0 Å². The van der Waals surface area contributed by atoms with E-state index in [2.05, 4.69) is 42.5 Å². The van der Waals surface area contributed by atoms with Crippen molar-refractivity contribution in [3.63, 3.8) is 0 Å². The number of rotatable bonds is 9. The molecule has 0 spiro atoms. The highest BCUT2D eigenvalue weighted by Crippen LogP contribution is 2.44. The third-order valence-corrected chi connectivity index (χ3v) is 5.85. The lowest BCUT2D eigenvalue weighted by Gasteiger charge is -2.23. The summed E-state index contributed by atoms with van der Waals surface area (Å²) in [6, 6.07) is 20.9. The molecule has 1 heterocycles. The van der Waals surface area contributed by atoms with Gasteiger partial charge in [0.05, 0.1) is 32.0 Å². The van der Waals surface area contributed by atoms with Crippen molar-refractivity contribution in [1.29, 1.82) is 0 Å². The third-order valence-electron chi connectivity index (χ3n) is 5.85. The van der Waals surface area contributed by atoms with Crippen molar-refractivity contribution in [1.82, 2.24) is 0 Å². The van der Waals surface area contributed by atoms with E-state index in [0.717, 1.165) is 19.3 Å². The standard InChI is InChI=1S/C25H32O4/c1-25(2)28-23-21(14-13-19-9-5-3-6-10-19)17-22(24(23)29-25)27-16-15-26-18-20-11-7-4-8-12-20/h3-12,21-24H,13-18H2,1-2H3/t21-,22+,23+,24-/m1/s1. The summed E-state index contributed by atoms with van der Waals surface area (Å²) in [6.45, 7) is 5.78. The Labute approximate surface area is 174 Å². The van der Waals surface area contributed by atoms with Gasteiger partial charge >= 0.3 is 0 Å². The highest BCUT2D eigenvalue weighted by molar-refractivity contribution is 5.15. The van der Waals surface area contributed by atoms with Gasteiger partial charge in [-0.25, -0.2) is 0 Å². The Morgan fingerprint density at radius 3 is 2.24 bits per heavy atom. The quantitative estimate of drug-likeness (QED) is 0.573. The van der Waals surface area contributed by atoms with E-state index < -0.39 is 5.79 Å². The molecule has 4 nitrogen and oxygen atoms in total. The maximum atomic E-state index is 6.26. The van der Waals surface area contributed by atoms with Gasteiger partial charge in [0, 0.05) is 0 Å². The highest BCUT2D eigenvalue weighted by atomic mass is 16.8. The smallest absolute Gasteiger partial charge is 0.163 e. The summed E-state index contributed by atoms with van der Waals surface area (Å²) in [5.41, 5.74) is 2.56. The predicted octanol–water partition coefficient (Wildman–Crippen LogP) is 4.76. The minimum Gasteiger partial charge on any atom is -0.374 e. The molecule has 1 aliphatic carbocycles. The average Bonchev–Trinajstić information content (AvgIpc) is 3.21. The fraction of sp³-hybridized carbons (Fsp3) is 0.520. The van der Waals surface area contributed by atoms with Crippen LogP contribution in [-0.4, -0.2) is 37.3 Å². The van der Waals surface area contributed by atoms with Crippen LogP contribution in [0.15, 0.2) is 60.7 Å². The lowest BCUT2D eigenvalue weighted by molar-refractivity contribution is -0.172. The third kappa shape index (κ3) is 5.46. The molecule has 4 heteroatoms. The van der Waals surface area contributed by atoms with Gasteiger partial charge in [0.2, 0.25) is 0 Å². The number of benzene rings is 2. The van der Waals surface area contributed by atoms with Gasteiger partial charge in [-0.3, -0.25) is 0 Å². The topological polar surface area (TPSA) is 36.9 Å². The normalized spacial score (nSPS) is 27.8. The van der Waals surface area contributed by atoms with E-state index in [1.807, 2.05) is 32.0 Å². The number of hydrogen-bond donors (Lipinski definition) is 0. The maximum Gasteiger partial charge on any atom is 0.163 e. The summed E-state index contributed by atoms with van der Waals surface area (Å²) in [5, 5.41) is 0. The summed E-state index contributed by atoms with van der Waals surface area (Å²) >= 11 is 0. The zero-order valence-electron chi connectivity index (χ0n) is 17.5. The molecule has 2 fully saturated rings. The second-order valence-electron chi connectivity index (χ2n) is 8.53. The van der Waals surface area contributed by atoms with Crippen LogP contribution in [0, 0.1) is 5.92 Å². The zero-order valence-corrected chi connectivity index (χ0v) is 17.5. The van der Waals surface area contributed by atoms with E-state index >= 15 is 0 Å². The number of fused-ring (bicyclic) bond motifs is 1. The van der Waals surface area contributed by atoms with Gasteiger partial charge in [0.15, 0.2) is 5.79 Å². The van der Waals surface area contributed by atoms with Gasteiger partial charge in [0.25, 0.3) is 0 Å². The Balaban J connectivity index is 1.26. The van der Waals surface area contributed by atoms with Crippen molar-refractivity contribution < 1.29 is 18.9 Å². The Kier molecular flexibility index (Phi) is 6.66. The maximum absolute atomic E-state index is 6.26. The molecular weight excluding hydrogens is 364 g/mol. The molecule has 1 saturated heterocycles. The molecular formula is C25H32O4. The van der Waals surface area contributed by atoms with E-state index in [0.29, 0.717) is 25.7 Å². The molecule has 2 aromatic rings. The molecule has 1 saturated carbocycles. The van der Waals surface area contributed by atoms with Crippen LogP contribution in [0.25, 0.3) is 0 Å². The van der Waals surface area contributed by atoms with Crippen molar-refractivity contribution in [2.24, 2.45) is 5.92 Å². The Morgan fingerprint density at radius 1 is 0.862 bits per heavy atom. The van der Waals surface area contributed by atoms with Gasteiger partial charge in [-0.15, -0.1) is 0 Å². The van der Waals surface area contributed by atoms with Crippen molar-refractivity contribution >= 4 is 0 Å². The van der Waals surface area contributed by atoms with Crippen molar-refractivity contribution in [2.75, 3.05) is 13.2 Å². The van der Waals surface area contributed by atoms with Crippen LogP contribution in [0.2, 0.25) is 0 Å². The number of aryl methyl sites for hydroxylation is 1. The Hall–Kier alpha value is -1.72. The van der Waals surface area contributed by atoms with Gasteiger partial charge in [-0.05, 0) is 50.2 Å². The lowest BCUT2D eigenvalue weighted by Crippen LogP contribution is -2.31. The molecule has 0 bridgehead atoms. The molecule has 4 rings (SSSR count). The molecule has 0 unspecified atom stereocenters. The molecule has 2 aliphatic rings. The molecule has 0 aromatic heterocycles. The van der Waals surface area contributed by atoms with Crippen LogP contribution in [0.5, 0.6) is 0 Å². The van der Waals surface area contributed by atoms with Crippen LogP contribution < -0.4 is 0 Å². The van der Waals surface area contributed by atoms with E-state index in [9.17, 15) is 0 Å². The van der Waals surface area contributed by atoms with E-state index in [1.54, 1.807) is 0 Å². The minimum absolute atomic E-state index is 0.0138. The predicted molar refractivity (Wildman–Crippen MR) is 113 cm³/mol. The first-order valence-corrected chi connectivity index (χ1v) is 10.7. The molecule has 2 aromatic carbocycles. The molecule has 0 radical (unpaired) electrons. The van der Waals surface area contributed by atoms with E-state index in [1.165, 1.54) is 11.1 Å². The summed E-state index contributed by atoms with van der Waals surface area (Å²) in [5.74, 6) is -0.0798. The van der Waals surface area contributed by atoms with Gasteiger partial charge in [0.1, 0.15) is 6.10 Å². The first-order chi connectivity index (χ1) is 14.1. The first kappa shape index (κ1) is 20.5. The summed E-state index contributed by atoms with van der Waals surface area (Å²) < 4.78 is 24.4. The fourth-order valence-corrected chi connectivity index (χ4v) is 4.50. The van der Waals surface area contributed by atoms with Crippen molar-refractivity contribution in [3.8, 4) is 0 Å². The van der Waals surface area contributed by atoms with Crippen molar-refractivity contribution in [3.05, 3.63) is 71.8 Å². The largest absolute Gasteiger partial charge is 0.374 e. The second kappa shape index (κ2) is 9.40. The molecule has 0 N–H and O–H groups in total. The molecule has 0 amide bonds. The first-order valence-electron chi connectivity index (χ1n) is 10.7. The number of ether oxygens (including phenoxy) is 4. The molecule has 29 heavy (non-hydrogen) atoms. The number of hydrogen-bond acceptors (Lipinski definition) is 4. The van der Waals surface area contributed by atoms with Gasteiger partial charge < -0.3 is 18.9 Å². The Bertz CT molecular complexity index is 746. The molecule has 4 atom stereocenters. The van der Waals surface area contributed by atoms with Crippen LogP contribution in [0.3, 0.4) is 0 Å². The summed E-state index contributed by atoms with van der Waals surface area (Å²) in [6.07, 6.45) is 3.34. The van der Waals surface area contributed by atoms with Crippen molar-refractivity contribution in [2.45, 2.75) is 63.8 Å². The van der Waals surface area contributed by atoms with E-state index in [-0.39, 0.29) is 18.3 Å². The Morgan fingerprint density at radius 2 is 1.52 bits per heavy atom. The molecule has 1 aliphatic heterocycles. The van der Waals surface area contributed by atoms with Crippen LogP contribution in [-0.2, 0) is 32.0 Å². The monoisotopic (exact) mass is 396 g/mol. The van der Waals surface area contributed by atoms with E-state index in [4.69, 9.17) is 18.9 Å². The second-order valence-corrected chi connectivity index (χ2v) is 8.53. The summed E-state index contributed by atoms with van der Waals surface area (Å²) in [4.78, 5) is 0. The fourth-order valence-electron chi connectivity index (χ4n) is 4.50. The zero-order chi connectivity index (χ0) is 20.1.